The van der Waals surface area contributed by atoms with E-state index < -0.39 is 9.84 Å². The molecule has 0 aromatic heterocycles. The standard InChI is InChI=1S/C18H30N4O2S/c1-3-16-7-5-6-8-17(16)15-21-18(19-4-2)20-9-10-22-11-13-25(23,24)14-12-22/h5-8H,3-4,9-15H2,1-2H3,(H2,19,20,21). The Labute approximate surface area is 151 Å². The molecule has 1 aliphatic rings. The summed E-state index contributed by atoms with van der Waals surface area (Å²) in [4.78, 5) is 6.86. The van der Waals surface area contributed by atoms with E-state index in [0.717, 1.165) is 32.0 Å². The molecule has 25 heavy (non-hydrogen) atoms. The van der Waals surface area contributed by atoms with Crippen molar-refractivity contribution in [1.82, 2.24) is 15.5 Å². The Kier molecular flexibility index (Phi) is 7.71. The van der Waals surface area contributed by atoms with Gasteiger partial charge in [-0.1, -0.05) is 31.2 Å². The minimum atomic E-state index is -2.81. The quantitative estimate of drug-likeness (QED) is 0.557. The fourth-order valence-corrected chi connectivity index (χ4v) is 4.15. The Bertz CT molecular complexity index is 659. The van der Waals surface area contributed by atoms with E-state index in [1.165, 1.54) is 11.1 Å². The lowest BCUT2D eigenvalue weighted by Crippen LogP contribution is -2.45. The van der Waals surface area contributed by atoms with Crippen LogP contribution in [-0.4, -0.2) is 63.5 Å². The Morgan fingerprint density at radius 3 is 2.44 bits per heavy atom. The van der Waals surface area contributed by atoms with Crippen LogP contribution in [0.4, 0.5) is 0 Å². The zero-order valence-corrected chi connectivity index (χ0v) is 16.1. The molecule has 0 bridgehead atoms. The molecule has 0 radical (unpaired) electrons. The second-order valence-electron chi connectivity index (χ2n) is 6.24. The zero-order chi connectivity index (χ0) is 18.1. The summed E-state index contributed by atoms with van der Waals surface area (Å²) in [5.74, 6) is 1.35. The number of benzene rings is 1. The maximum atomic E-state index is 11.5. The molecular weight excluding hydrogens is 336 g/mol. The maximum absolute atomic E-state index is 11.5. The topological polar surface area (TPSA) is 73.8 Å². The number of aliphatic imine (C=N–C) groups is 1. The summed E-state index contributed by atoms with van der Waals surface area (Å²) >= 11 is 0. The summed E-state index contributed by atoms with van der Waals surface area (Å²) in [6, 6.07) is 8.39. The Morgan fingerprint density at radius 2 is 1.80 bits per heavy atom. The van der Waals surface area contributed by atoms with Crippen molar-refractivity contribution in [3.05, 3.63) is 35.4 Å². The van der Waals surface area contributed by atoms with Crippen molar-refractivity contribution >= 4 is 15.8 Å². The number of hydrogen-bond acceptors (Lipinski definition) is 4. The fraction of sp³-hybridized carbons (Fsp3) is 0.611. The SMILES string of the molecule is CCNC(=NCc1ccccc1CC)NCCN1CCS(=O)(=O)CC1. The van der Waals surface area contributed by atoms with Gasteiger partial charge in [-0.3, -0.25) is 4.90 Å². The first kappa shape index (κ1) is 19.7. The summed E-state index contributed by atoms with van der Waals surface area (Å²) in [6.45, 7) is 8.50. The zero-order valence-electron chi connectivity index (χ0n) is 15.3. The van der Waals surface area contributed by atoms with Gasteiger partial charge in [0.05, 0.1) is 18.1 Å². The molecule has 1 fully saturated rings. The molecule has 0 spiro atoms. The summed E-state index contributed by atoms with van der Waals surface area (Å²) in [7, 11) is -2.81. The second-order valence-corrected chi connectivity index (χ2v) is 8.54. The molecule has 7 heteroatoms. The highest BCUT2D eigenvalue weighted by molar-refractivity contribution is 7.91. The van der Waals surface area contributed by atoms with Crippen LogP contribution in [0.5, 0.6) is 0 Å². The largest absolute Gasteiger partial charge is 0.357 e. The van der Waals surface area contributed by atoms with Crippen LogP contribution in [0.1, 0.15) is 25.0 Å². The van der Waals surface area contributed by atoms with Crippen molar-refractivity contribution in [1.29, 1.82) is 0 Å². The highest BCUT2D eigenvalue weighted by atomic mass is 32.2. The van der Waals surface area contributed by atoms with E-state index in [0.29, 0.717) is 19.6 Å². The molecule has 0 unspecified atom stereocenters. The Hall–Kier alpha value is -1.60. The predicted molar refractivity (Wildman–Crippen MR) is 104 cm³/mol. The normalized spacial score (nSPS) is 18.1. The van der Waals surface area contributed by atoms with Crippen LogP contribution in [0.25, 0.3) is 0 Å². The number of aryl methyl sites for hydroxylation is 1. The van der Waals surface area contributed by atoms with Crippen molar-refractivity contribution < 1.29 is 8.42 Å². The highest BCUT2D eigenvalue weighted by Gasteiger charge is 2.20. The number of sulfone groups is 1. The average molecular weight is 367 g/mol. The molecule has 0 saturated carbocycles. The van der Waals surface area contributed by atoms with Gasteiger partial charge in [0.1, 0.15) is 0 Å². The summed E-state index contributed by atoms with van der Waals surface area (Å²) in [5, 5.41) is 6.61. The lowest BCUT2D eigenvalue weighted by Gasteiger charge is -2.26. The first-order chi connectivity index (χ1) is 12.0. The minimum absolute atomic E-state index is 0.273. The summed E-state index contributed by atoms with van der Waals surface area (Å²) in [5.41, 5.74) is 2.58. The second kappa shape index (κ2) is 9.77. The molecule has 2 rings (SSSR count). The average Bonchev–Trinajstić information content (AvgIpc) is 2.61. The first-order valence-electron chi connectivity index (χ1n) is 9.05. The van der Waals surface area contributed by atoms with Crippen molar-refractivity contribution in [2.45, 2.75) is 26.8 Å². The monoisotopic (exact) mass is 366 g/mol. The van der Waals surface area contributed by atoms with Gasteiger partial charge in [-0.15, -0.1) is 0 Å². The maximum Gasteiger partial charge on any atom is 0.191 e. The number of nitrogens with zero attached hydrogens (tertiary/aromatic N) is 2. The van der Waals surface area contributed by atoms with Crippen LogP contribution in [0.15, 0.2) is 29.3 Å². The van der Waals surface area contributed by atoms with Crippen LogP contribution >= 0.6 is 0 Å². The van der Waals surface area contributed by atoms with Gasteiger partial charge in [0.15, 0.2) is 15.8 Å². The Morgan fingerprint density at radius 1 is 1.12 bits per heavy atom. The number of hydrogen-bond donors (Lipinski definition) is 2. The number of nitrogens with one attached hydrogen (secondary N) is 2. The lowest BCUT2D eigenvalue weighted by atomic mass is 10.1. The van der Waals surface area contributed by atoms with Crippen LogP contribution < -0.4 is 10.6 Å². The van der Waals surface area contributed by atoms with Crippen LogP contribution in [-0.2, 0) is 22.8 Å². The highest BCUT2D eigenvalue weighted by Crippen LogP contribution is 2.10. The van der Waals surface area contributed by atoms with Gasteiger partial charge in [0.2, 0.25) is 0 Å². The van der Waals surface area contributed by atoms with Crippen molar-refractivity contribution in [2.75, 3.05) is 44.2 Å². The lowest BCUT2D eigenvalue weighted by molar-refractivity contribution is 0.299. The van der Waals surface area contributed by atoms with Gasteiger partial charge in [0.25, 0.3) is 0 Å². The molecule has 1 heterocycles. The van der Waals surface area contributed by atoms with E-state index in [2.05, 4.69) is 51.7 Å². The van der Waals surface area contributed by atoms with Crippen LogP contribution in [0.3, 0.4) is 0 Å². The molecule has 6 nitrogen and oxygen atoms in total. The third-order valence-corrected chi connectivity index (χ3v) is 6.02. The molecule has 1 aromatic carbocycles. The van der Waals surface area contributed by atoms with Gasteiger partial charge in [0, 0.05) is 32.7 Å². The molecule has 1 aromatic rings. The molecular formula is C18H30N4O2S. The van der Waals surface area contributed by atoms with Gasteiger partial charge in [-0.2, -0.15) is 0 Å². The summed E-state index contributed by atoms with van der Waals surface area (Å²) in [6.07, 6.45) is 1.01. The Balaban J connectivity index is 1.83. The number of guanidine groups is 1. The minimum Gasteiger partial charge on any atom is -0.357 e. The van der Waals surface area contributed by atoms with E-state index in [1.807, 2.05) is 6.92 Å². The molecule has 140 valence electrons. The van der Waals surface area contributed by atoms with Crippen molar-refractivity contribution in [3.63, 3.8) is 0 Å². The molecule has 2 N–H and O–H groups in total. The third-order valence-electron chi connectivity index (χ3n) is 4.41. The van der Waals surface area contributed by atoms with E-state index in [4.69, 9.17) is 0 Å². The molecule has 0 aliphatic carbocycles. The molecule has 0 atom stereocenters. The molecule has 1 saturated heterocycles. The van der Waals surface area contributed by atoms with E-state index in [-0.39, 0.29) is 11.5 Å². The van der Waals surface area contributed by atoms with E-state index in [9.17, 15) is 8.42 Å². The van der Waals surface area contributed by atoms with E-state index >= 15 is 0 Å². The fourth-order valence-electron chi connectivity index (χ4n) is 2.87. The van der Waals surface area contributed by atoms with Crippen molar-refractivity contribution in [3.8, 4) is 0 Å². The predicted octanol–water partition coefficient (Wildman–Crippen LogP) is 1.03. The first-order valence-corrected chi connectivity index (χ1v) is 10.9. The van der Waals surface area contributed by atoms with Gasteiger partial charge in [-0.05, 0) is 24.5 Å². The van der Waals surface area contributed by atoms with Crippen LogP contribution in [0, 0.1) is 0 Å². The van der Waals surface area contributed by atoms with Crippen LogP contribution in [0.2, 0.25) is 0 Å². The van der Waals surface area contributed by atoms with Gasteiger partial charge < -0.3 is 10.6 Å². The van der Waals surface area contributed by atoms with E-state index in [1.54, 1.807) is 0 Å². The smallest absolute Gasteiger partial charge is 0.191 e. The third kappa shape index (κ3) is 6.66. The van der Waals surface area contributed by atoms with Crippen molar-refractivity contribution in [2.24, 2.45) is 4.99 Å². The molecule has 0 amide bonds. The van der Waals surface area contributed by atoms with Gasteiger partial charge >= 0.3 is 0 Å². The summed E-state index contributed by atoms with van der Waals surface area (Å²) < 4.78 is 22.9. The number of rotatable bonds is 7. The molecule has 1 aliphatic heterocycles. The van der Waals surface area contributed by atoms with Gasteiger partial charge in [-0.25, -0.2) is 13.4 Å².